The number of nitrogens with one attached hydrogen (secondary N) is 2. The number of halogens is 3. The molecule has 1 saturated heterocycles. The van der Waals surface area contributed by atoms with E-state index in [-0.39, 0.29) is 36.7 Å². The van der Waals surface area contributed by atoms with Crippen molar-refractivity contribution in [3.63, 3.8) is 0 Å². The highest BCUT2D eigenvalue weighted by molar-refractivity contribution is 7.89. The number of hydrogen-bond acceptors (Lipinski definition) is 5. The fourth-order valence-electron chi connectivity index (χ4n) is 3.84. The fraction of sp³-hybridized carbons (Fsp3) is 0.292. The Hall–Kier alpha value is -3.31. The predicted octanol–water partition coefficient (Wildman–Crippen LogP) is 4.49. The average Bonchev–Trinajstić information content (AvgIpc) is 3.33. The fourth-order valence-corrected chi connectivity index (χ4v) is 5.24. The summed E-state index contributed by atoms with van der Waals surface area (Å²) < 4.78 is 71.5. The molecule has 2 aromatic carbocycles. The number of carbonyl (C=O) groups is 1. The second kappa shape index (κ2) is 10.1. The number of carbonyl (C=O) groups excluding carboxylic acids is 1. The van der Waals surface area contributed by atoms with Gasteiger partial charge in [0, 0.05) is 30.4 Å². The molecular formula is C24H24F3N3O4S. The molecule has 4 rings (SSSR count). The van der Waals surface area contributed by atoms with E-state index in [0.29, 0.717) is 29.9 Å². The molecule has 0 unspecified atom stereocenters. The third-order valence-corrected chi connectivity index (χ3v) is 7.48. The first kappa shape index (κ1) is 24.8. The predicted molar refractivity (Wildman–Crippen MR) is 123 cm³/mol. The minimum absolute atomic E-state index is 0.0340. The minimum atomic E-state index is -4.43. The maximum absolute atomic E-state index is 13.0. The van der Waals surface area contributed by atoms with Gasteiger partial charge in [-0.25, -0.2) is 8.42 Å². The lowest BCUT2D eigenvalue weighted by Gasteiger charge is -2.31. The Labute approximate surface area is 201 Å². The van der Waals surface area contributed by atoms with Gasteiger partial charge in [0.2, 0.25) is 5.09 Å². The Morgan fingerprint density at radius 3 is 2.40 bits per heavy atom. The molecule has 0 radical (unpaired) electrons. The third kappa shape index (κ3) is 6.04. The average molecular weight is 508 g/mol. The van der Waals surface area contributed by atoms with Crippen LogP contribution in [0.15, 0.2) is 76.2 Å². The van der Waals surface area contributed by atoms with Crippen LogP contribution in [-0.4, -0.2) is 37.8 Å². The number of sulfonamides is 1. The SMILES string of the molecule is O=C(NCc1ccc(S(=O)(=O)N2CCC(Nc3cccc(C(F)(F)F)c3)CC2)o1)c1ccccc1. The maximum atomic E-state index is 13.0. The van der Waals surface area contributed by atoms with Gasteiger partial charge < -0.3 is 15.1 Å². The van der Waals surface area contributed by atoms with Crippen LogP contribution >= 0.6 is 0 Å². The first-order valence-electron chi connectivity index (χ1n) is 11.0. The summed E-state index contributed by atoms with van der Waals surface area (Å²) in [4.78, 5) is 12.2. The molecule has 0 aliphatic carbocycles. The van der Waals surface area contributed by atoms with E-state index in [4.69, 9.17) is 4.42 Å². The molecule has 0 saturated carbocycles. The van der Waals surface area contributed by atoms with E-state index in [1.165, 1.54) is 22.5 Å². The van der Waals surface area contributed by atoms with Crippen molar-refractivity contribution in [3.8, 4) is 0 Å². The first-order chi connectivity index (χ1) is 16.6. The molecule has 11 heteroatoms. The van der Waals surface area contributed by atoms with Crippen molar-refractivity contribution in [2.45, 2.75) is 36.7 Å². The molecule has 7 nitrogen and oxygen atoms in total. The van der Waals surface area contributed by atoms with Crippen LogP contribution in [-0.2, 0) is 22.7 Å². The Morgan fingerprint density at radius 2 is 1.71 bits per heavy atom. The van der Waals surface area contributed by atoms with Crippen LogP contribution in [0.3, 0.4) is 0 Å². The molecule has 2 N–H and O–H groups in total. The van der Waals surface area contributed by atoms with E-state index < -0.39 is 21.8 Å². The number of benzene rings is 2. The van der Waals surface area contributed by atoms with E-state index in [0.717, 1.165) is 12.1 Å². The Morgan fingerprint density at radius 1 is 1.00 bits per heavy atom. The van der Waals surface area contributed by atoms with Gasteiger partial charge in [0.15, 0.2) is 0 Å². The van der Waals surface area contributed by atoms with Crippen LogP contribution in [0.4, 0.5) is 18.9 Å². The second-order valence-corrected chi connectivity index (χ2v) is 10.0. The molecule has 1 fully saturated rings. The zero-order valence-corrected chi connectivity index (χ0v) is 19.4. The highest BCUT2D eigenvalue weighted by Gasteiger charge is 2.33. The number of rotatable bonds is 7. The monoisotopic (exact) mass is 507 g/mol. The summed E-state index contributed by atoms with van der Waals surface area (Å²) in [7, 11) is -3.88. The van der Waals surface area contributed by atoms with Crippen LogP contribution in [0.25, 0.3) is 0 Å². The van der Waals surface area contributed by atoms with Gasteiger partial charge in [-0.05, 0) is 55.3 Å². The van der Waals surface area contributed by atoms with E-state index in [1.54, 1.807) is 36.4 Å². The number of nitrogens with zero attached hydrogens (tertiary/aromatic N) is 1. The molecule has 1 aliphatic heterocycles. The van der Waals surface area contributed by atoms with E-state index in [2.05, 4.69) is 10.6 Å². The first-order valence-corrected chi connectivity index (χ1v) is 12.4. The van der Waals surface area contributed by atoms with Crippen molar-refractivity contribution in [2.24, 2.45) is 0 Å². The minimum Gasteiger partial charge on any atom is -0.446 e. The maximum Gasteiger partial charge on any atom is 0.416 e. The van der Waals surface area contributed by atoms with E-state index >= 15 is 0 Å². The molecular weight excluding hydrogens is 483 g/mol. The molecule has 35 heavy (non-hydrogen) atoms. The number of furan rings is 1. The lowest BCUT2D eigenvalue weighted by Crippen LogP contribution is -2.42. The zero-order valence-electron chi connectivity index (χ0n) is 18.6. The molecule has 0 atom stereocenters. The Bertz CT molecular complexity index is 1270. The zero-order chi connectivity index (χ0) is 25.1. The van der Waals surface area contributed by atoms with E-state index in [1.807, 2.05) is 0 Å². The molecule has 3 aromatic rings. The van der Waals surface area contributed by atoms with Gasteiger partial charge in [-0.3, -0.25) is 4.79 Å². The van der Waals surface area contributed by atoms with Crippen LogP contribution in [0.1, 0.15) is 34.5 Å². The molecule has 1 aliphatic rings. The lowest BCUT2D eigenvalue weighted by atomic mass is 10.1. The largest absolute Gasteiger partial charge is 0.446 e. The number of hydrogen-bond donors (Lipinski definition) is 2. The molecule has 1 amide bonds. The van der Waals surface area contributed by atoms with Gasteiger partial charge in [0.05, 0.1) is 12.1 Å². The summed E-state index contributed by atoms with van der Waals surface area (Å²) >= 11 is 0. The molecule has 186 valence electrons. The van der Waals surface area contributed by atoms with Gasteiger partial charge in [0.1, 0.15) is 5.76 Å². The highest BCUT2D eigenvalue weighted by atomic mass is 32.2. The molecule has 2 heterocycles. The van der Waals surface area contributed by atoms with Crippen LogP contribution in [0.2, 0.25) is 0 Å². The number of alkyl halides is 3. The summed E-state index contributed by atoms with van der Waals surface area (Å²) in [5.74, 6) is -0.00398. The smallest absolute Gasteiger partial charge is 0.416 e. The van der Waals surface area contributed by atoms with Crippen molar-refractivity contribution in [3.05, 3.63) is 83.6 Å². The quantitative estimate of drug-likeness (QED) is 0.492. The van der Waals surface area contributed by atoms with Crippen molar-refractivity contribution < 1.29 is 30.8 Å². The Kier molecular flexibility index (Phi) is 7.18. The van der Waals surface area contributed by atoms with Crippen LogP contribution in [0, 0.1) is 0 Å². The second-order valence-electron chi connectivity index (χ2n) is 8.17. The lowest BCUT2D eigenvalue weighted by molar-refractivity contribution is -0.137. The number of anilines is 1. The van der Waals surface area contributed by atoms with Gasteiger partial charge >= 0.3 is 6.18 Å². The normalized spacial score (nSPS) is 15.6. The molecule has 0 spiro atoms. The van der Waals surface area contributed by atoms with Crippen LogP contribution in [0.5, 0.6) is 0 Å². The third-order valence-electron chi connectivity index (χ3n) is 5.70. The van der Waals surface area contributed by atoms with Crippen molar-refractivity contribution in [1.82, 2.24) is 9.62 Å². The molecule has 1 aromatic heterocycles. The van der Waals surface area contributed by atoms with Crippen molar-refractivity contribution >= 4 is 21.6 Å². The van der Waals surface area contributed by atoms with Gasteiger partial charge in [-0.1, -0.05) is 24.3 Å². The van der Waals surface area contributed by atoms with Crippen molar-refractivity contribution in [1.29, 1.82) is 0 Å². The number of amides is 1. The standard InChI is InChI=1S/C24H24F3N3O4S/c25-24(26,27)18-7-4-8-20(15-18)29-19-11-13-30(14-12-19)35(32,33)22-10-9-21(34-22)16-28-23(31)17-5-2-1-3-6-17/h1-10,15,19,29H,11-14,16H2,(H,28,31). The summed E-state index contributed by atoms with van der Waals surface area (Å²) in [6, 6.07) is 16.2. The van der Waals surface area contributed by atoms with Crippen molar-refractivity contribution in [2.75, 3.05) is 18.4 Å². The highest BCUT2D eigenvalue weighted by Crippen LogP contribution is 2.31. The van der Waals surface area contributed by atoms with Gasteiger partial charge in [-0.2, -0.15) is 17.5 Å². The summed E-state index contributed by atoms with van der Waals surface area (Å²) in [6.07, 6.45) is -3.58. The topological polar surface area (TPSA) is 91.7 Å². The summed E-state index contributed by atoms with van der Waals surface area (Å²) in [5, 5.41) is 5.53. The Balaban J connectivity index is 1.32. The molecule has 0 bridgehead atoms. The van der Waals surface area contributed by atoms with E-state index in [9.17, 15) is 26.4 Å². The number of piperidine rings is 1. The van der Waals surface area contributed by atoms with Gasteiger partial charge in [0.25, 0.3) is 15.9 Å². The van der Waals surface area contributed by atoms with Crippen LogP contribution < -0.4 is 10.6 Å². The summed E-state index contributed by atoms with van der Waals surface area (Å²) in [5.41, 5.74) is 0.0824. The summed E-state index contributed by atoms with van der Waals surface area (Å²) in [6.45, 7) is 0.422. The van der Waals surface area contributed by atoms with Gasteiger partial charge in [-0.15, -0.1) is 0 Å².